The van der Waals surface area contributed by atoms with Crippen LogP contribution < -0.4 is 4.74 Å². The van der Waals surface area contributed by atoms with Crippen molar-refractivity contribution in [3.63, 3.8) is 0 Å². The standard InChI is InChI=1S/C16H13N3O3Se/c1-22-15-8-4-13(5-9-15)16(18-11-23)17-10-12-2-6-14(7-3-12)19(20)21/h2-9H,10H2,1H3. The molecule has 116 valence electrons. The van der Waals surface area contributed by atoms with E-state index in [2.05, 4.69) is 30.3 Å². The minimum atomic E-state index is -0.429. The van der Waals surface area contributed by atoms with Gasteiger partial charge in [-0.3, -0.25) is 0 Å². The first-order chi connectivity index (χ1) is 11.1. The van der Waals surface area contributed by atoms with Crippen LogP contribution in [0.4, 0.5) is 5.69 Å². The maximum atomic E-state index is 10.6. The summed E-state index contributed by atoms with van der Waals surface area (Å²) in [5.41, 5.74) is 1.75. The second-order valence-electron chi connectivity index (χ2n) is 4.49. The summed E-state index contributed by atoms with van der Waals surface area (Å²) in [6, 6.07) is 13.6. The molecule has 0 saturated carbocycles. The molecule has 6 nitrogen and oxygen atoms in total. The number of amidine groups is 1. The zero-order chi connectivity index (χ0) is 16.7. The molecule has 0 atom stereocenters. The quantitative estimate of drug-likeness (QED) is 0.265. The van der Waals surface area contributed by atoms with E-state index in [4.69, 9.17) is 4.74 Å². The number of hydrogen-bond acceptors (Lipinski definition) is 4. The van der Waals surface area contributed by atoms with Gasteiger partial charge in [-0.1, -0.05) is 0 Å². The van der Waals surface area contributed by atoms with Gasteiger partial charge in [-0.05, 0) is 0 Å². The summed E-state index contributed by atoms with van der Waals surface area (Å²) in [7, 11) is 1.60. The molecule has 0 unspecified atom stereocenters. The van der Waals surface area contributed by atoms with Crippen LogP contribution in [-0.2, 0) is 6.54 Å². The summed E-state index contributed by atoms with van der Waals surface area (Å²) in [5, 5.41) is 10.6. The number of aliphatic imine (C=N–C) groups is 2. The Morgan fingerprint density at radius 1 is 1.22 bits per heavy atom. The van der Waals surface area contributed by atoms with Gasteiger partial charge in [0, 0.05) is 0 Å². The predicted molar refractivity (Wildman–Crippen MR) is 89.5 cm³/mol. The Bertz CT molecular complexity index is 764. The summed E-state index contributed by atoms with van der Waals surface area (Å²) in [6.45, 7) is 0.366. The van der Waals surface area contributed by atoms with E-state index in [0.29, 0.717) is 12.4 Å². The normalized spacial score (nSPS) is 10.7. The Morgan fingerprint density at radius 3 is 2.39 bits per heavy atom. The molecule has 2 rings (SSSR count). The number of methoxy groups -OCH3 is 1. The molecular weight excluding hydrogens is 361 g/mol. The van der Waals surface area contributed by atoms with Crippen LogP contribution in [0.1, 0.15) is 11.1 Å². The van der Waals surface area contributed by atoms with Crippen molar-refractivity contribution < 1.29 is 9.66 Å². The average molecular weight is 374 g/mol. The Labute approximate surface area is 141 Å². The number of non-ortho nitro benzene ring substituents is 1. The Kier molecular flexibility index (Phi) is 5.94. The fraction of sp³-hybridized carbons (Fsp3) is 0.125. The number of ether oxygens (including phenoxy) is 1. The van der Waals surface area contributed by atoms with Crippen molar-refractivity contribution in [1.82, 2.24) is 0 Å². The van der Waals surface area contributed by atoms with E-state index in [0.717, 1.165) is 16.9 Å². The molecule has 0 bridgehead atoms. The third-order valence-corrected chi connectivity index (χ3v) is 3.25. The van der Waals surface area contributed by atoms with Crippen molar-refractivity contribution in [3.05, 3.63) is 69.8 Å². The molecule has 0 N–H and O–H groups in total. The number of rotatable bonds is 5. The first kappa shape index (κ1) is 16.8. The van der Waals surface area contributed by atoms with Gasteiger partial charge in [-0.25, -0.2) is 0 Å². The fourth-order valence-corrected chi connectivity index (χ4v) is 2.05. The maximum absolute atomic E-state index is 10.6. The van der Waals surface area contributed by atoms with Crippen molar-refractivity contribution in [2.75, 3.05) is 7.11 Å². The van der Waals surface area contributed by atoms with Crippen molar-refractivity contribution in [3.8, 4) is 5.75 Å². The first-order valence-corrected chi connectivity index (χ1v) is 7.50. The Hall–Kier alpha value is -2.59. The van der Waals surface area contributed by atoms with Crippen molar-refractivity contribution in [2.45, 2.75) is 6.54 Å². The Balaban J connectivity index is 2.21. The van der Waals surface area contributed by atoms with E-state index >= 15 is 0 Å². The molecule has 0 aromatic heterocycles. The molecule has 23 heavy (non-hydrogen) atoms. The molecule has 0 aliphatic rings. The van der Waals surface area contributed by atoms with Crippen molar-refractivity contribution in [1.29, 1.82) is 0 Å². The summed E-state index contributed by atoms with van der Waals surface area (Å²) in [6.07, 6.45) is 0. The predicted octanol–water partition coefficient (Wildman–Crippen LogP) is 2.62. The van der Waals surface area contributed by atoms with Crippen LogP contribution in [0.3, 0.4) is 0 Å². The molecule has 0 heterocycles. The molecule has 7 heteroatoms. The van der Waals surface area contributed by atoms with Gasteiger partial charge in [0.1, 0.15) is 0 Å². The number of nitrogens with zero attached hydrogens (tertiary/aromatic N) is 3. The van der Waals surface area contributed by atoms with Crippen LogP contribution in [0.25, 0.3) is 0 Å². The first-order valence-electron chi connectivity index (χ1n) is 6.64. The number of benzene rings is 2. The molecule has 2 aromatic rings. The topological polar surface area (TPSA) is 77.1 Å². The number of nitro groups is 1. The van der Waals surface area contributed by atoms with E-state index in [9.17, 15) is 10.1 Å². The van der Waals surface area contributed by atoms with Crippen LogP contribution >= 0.6 is 0 Å². The average Bonchev–Trinajstić information content (AvgIpc) is 2.59. The summed E-state index contributed by atoms with van der Waals surface area (Å²) in [5.74, 6) is 1.27. The molecule has 0 radical (unpaired) electrons. The van der Waals surface area contributed by atoms with E-state index in [1.165, 1.54) is 12.1 Å². The van der Waals surface area contributed by atoms with Crippen molar-refractivity contribution in [2.24, 2.45) is 9.98 Å². The van der Waals surface area contributed by atoms with E-state index in [-0.39, 0.29) is 5.69 Å². The summed E-state index contributed by atoms with van der Waals surface area (Å²) >= 11 is 2.59. The third kappa shape index (κ3) is 4.69. The van der Waals surface area contributed by atoms with Crippen LogP contribution in [-0.4, -0.2) is 38.2 Å². The van der Waals surface area contributed by atoms with Gasteiger partial charge in [0.05, 0.1) is 0 Å². The van der Waals surface area contributed by atoms with Crippen LogP contribution in [0, 0.1) is 10.1 Å². The van der Waals surface area contributed by atoms with Gasteiger partial charge in [-0.15, -0.1) is 0 Å². The van der Waals surface area contributed by atoms with Crippen LogP contribution in [0.5, 0.6) is 5.75 Å². The molecule has 0 spiro atoms. The monoisotopic (exact) mass is 375 g/mol. The van der Waals surface area contributed by atoms with E-state index < -0.39 is 4.92 Å². The van der Waals surface area contributed by atoms with Crippen LogP contribution in [0.15, 0.2) is 58.5 Å². The molecule has 0 aliphatic carbocycles. The van der Waals surface area contributed by atoms with Gasteiger partial charge < -0.3 is 0 Å². The number of nitro benzene ring substituents is 1. The van der Waals surface area contributed by atoms with Gasteiger partial charge in [0.2, 0.25) is 0 Å². The third-order valence-electron chi connectivity index (χ3n) is 3.06. The minimum absolute atomic E-state index is 0.0580. The molecule has 0 fully saturated rings. The summed E-state index contributed by atoms with van der Waals surface area (Å²) in [4.78, 5) is 18.8. The zero-order valence-electron chi connectivity index (χ0n) is 12.3. The SMILES string of the molecule is COc1ccc(C(N=C=[Se])=NCc2ccc([N+](=O)[O-])cc2)cc1. The summed E-state index contributed by atoms with van der Waals surface area (Å²) < 4.78 is 7.73. The zero-order valence-corrected chi connectivity index (χ0v) is 14.0. The second kappa shape index (κ2) is 8.15. The molecular formula is C16H13N3O3Se. The number of hydrogen-bond donors (Lipinski definition) is 0. The van der Waals surface area contributed by atoms with Crippen molar-refractivity contribution >= 4 is 31.8 Å². The Morgan fingerprint density at radius 2 is 1.87 bits per heavy atom. The molecule has 0 amide bonds. The fourth-order valence-electron chi connectivity index (χ4n) is 1.86. The van der Waals surface area contributed by atoms with E-state index in [1.54, 1.807) is 19.2 Å². The molecule has 0 aliphatic heterocycles. The van der Waals surface area contributed by atoms with Crippen LogP contribution in [0.2, 0.25) is 0 Å². The molecule has 0 saturated heterocycles. The second-order valence-corrected chi connectivity index (χ2v) is 4.88. The van der Waals surface area contributed by atoms with Gasteiger partial charge in [0.15, 0.2) is 0 Å². The van der Waals surface area contributed by atoms with Gasteiger partial charge in [0.25, 0.3) is 0 Å². The molecule has 2 aromatic carbocycles. The van der Waals surface area contributed by atoms with E-state index in [1.807, 2.05) is 24.3 Å². The van der Waals surface area contributed by atoms with Gasteiger partial charge >= 0.3 is 141 Å². The van der Waals surface area contributed by atoms with Gasteiger partial charge in [-0.2, -0.15) is 0 Å².